The molecule has 3 fully saturated rings. The number of likely N-dealkylation sites (tertiary alicyclic amines) is 3. The van der Waals surface area contributed by atoms with Crippen LogP contribution in [0.15, 0.2) is 4.99 Å². The molecule has 1 unspecified atom stereocenters. The van der Waals surface area contributed by atoms with Gasteiger partial charge in [-0.3, -0.25) is 19.5 Å². The third kappa shape index (κ3) is 5.67. The zero-order valence-corrected chi connectivity index (χ0v) is 16.8. The van der Waals surface area contributed by atoms with Gasteiger partial charge < -0.3 is 15.1 Å². The molecule has 3 rings (SSSR count). The Morgan fingerprint density at radius 3 is 2.52 bits per heavy atom. The number of hydrogen-bond acceptors (Lipinski definition) is 4. The Morgan fingerprint density at radius 2 is 1.81 bits per heavy atom. The molecule has 3 aliphatic rings. The Kier molecular flexibility index (Phi) is 7.50. The van der Waals surface area contributed by atoms with Gasteiger partial charge in [-0.1, -0.05) is 6.42 Å². The molecule has 0 bridgehead atoms. The fourth-order valence-corrected chi connectivity index (χ4v) is 4.41. The van der Waals surface area contributed by atoms with Crippen LogP contribution < -0.4 is 5.32 Å². The van der Waals surface area contributed by atoms with E-state index < -0.39 is 0 Å². The van der Waals surface area contributed by atoms with Gasteiger partial charge in [0, 0.05) is 45.6 Å². The van der Waals surface area contributed by atoms with Gasteiger partial charge in [-0.2, -0.15) is 0 Å². The lowest BCUT2D eigenvalue weighted by Crippen LogP contribution is -2.43. The molecule has 2 amide bonds. The molecule has 0 aromatic heterocycles. The van der Waals surface area contributed by atoms with E-state index >= 15 is 0 Å². The Morgan fingerprint density at radius 1 is 1.07 bits per heavy atom. The van der Waals surface area contributed by atoms with Crippen molar-refractivity contribution in [2.24, 2.45) is 10.9 Å². The molecule has 0 aliphatic carbocycles. The van der Waals surface area contributed by atoms with Gasteiger partial charge in [-0.05, 0) is 51.6 Å². The number of amides is 2. The van der Waals surface area contributed by atoms with E-state index in [1.807, 2.05) is 0 Å². The van der Waals surface area contributed by atoms with E-state index in [9.17, 15) is 9.59 Å². The van der Waals surface area contributed by atoms with E-state index in [4.69, 9.17) is 4.99 Å². The number of imide groups is 1. The first-order valence-electron chi connectivity index (χ1n) is 10.8. The van der Waals surface area contributed by atoms with Crippen LogP contribution >= 0.6 is 0 Å². The second kappa shape index (κ2) is 10.1. The molecule has 7 heteroatoms. The van der Waals surface area contributed by atoms with Gasteiger partial charge in [0.05, 0.1) is 6.54 Å². The highest BCUT2D eigenvalue weighted by Crippen LogP contribution is 2.20. The summed E-state index contributed by atoms with van der Waals surface area (Å²) >= 11 is 0. The Bertz CT molecular complexity index is 528. The fourth-order valence-electron chi connectivity index (χ4n) is 4.41. The molecule has 0 spiro atoms. The van der Waals surface area contributed by atoms with Crippen molar-refractivity contribution in [2.45, 2.75) is 51.9 Å². The predicted molar refractivity (Wildman–Crippen MR) is 107 cm³/mol. The summed E-state index contributed by atoms with van der Waals surface area (Å²) in [7, 11) is 0. The third-order valence-corrected chi connectivity index (χ3v) is 5.85. The third-order valence-electron chi connectivity index (χ3n) is 5.85. The maximum Gasteiger partial charge on any atom is 0.229 e. The lowest BCUT2D eigenvalue weighted by atomic mass is 10.1. The van der Waals surface area contributed by atoms with Gasteiger partial charge in [0.15, 0.2) is 5.96 Å². The van der Waals surface area contributed by atoms with Gasteiger partial charge >= 0.3 is 0 Å². The minimum atomic E-state index is -0.0470. The van der Waals surface area contributed by atoms with Crippen LogP contribution in [0.2, 0.25) is 0 Å². The topological polar surface area (TPSA) is 68.2 Å². The van der Waals surface area contributed by atoms with E-state index in [1.165, 1.54) is 50.2 Å². The molecule has 0 saturated carbocycles. The van der Waals surface area contributed by atoms with Crippen molar-refractivity contribution >= 4 is 17.8 Å². The lowest BCUT2D eigenvalue weighted by molar-refractivity contribution is -0.147. The van der Waals surface area contributed by atoms with Crippen molar-refractivity contribution in [3.63, 3.8) is 0 Å². The SMILES string of the molecule is CCNC(=NCCN1C(=O)CCCC1=O)N1CCC(CN2CCCCC2)C1. The molecule has 3 saturated heterocycles. The molecule has 7 nitrogen and oxygen atoms in total. The molecule has 0 aromatic rings. The maximum absolute atomic E-state index is 11.9. The molecule has 3 aliphatic heterocycles. The number of carbonyl (C=O) groups excluding carboxylic acids is 2. The molecule has 152 valence electrons. The summed E-state index contributed by atoms with van der Waals surface area (Å²) in [5.74, 6) is 1.54. The lowest BCUT2D eigenvalue weighted by Gasteiger charge is -2.29. The number of carbonyl (C=O) groups is 2. The summed E-state index contributed by atoms with van der Waals surface area (Å²) in [6.45, 7) is 9.57. The van der Waals surface area contributed by atoms with E-state index in [1.54, 1.807) is 0 Å². The Balaban J connectivity index is 1.49. The molecular formula is C20H35N5O2. The second-order valence-corrected chi connectivity index (χ2v) is 7.99. The summed E-state index contributed by atoms with van der Waals surface area (Å²) < 4.78 is 0. The van der Waals surface area contributed by atoms with E-state index in [0.717, 1.165) is 25.6 Å². The first-order chi connectivity index (χ1) is 13.2. The zero-order chi connectivity index (χ0) is 19.1. The van der Waals surface area contributed by atoms with Crippen LogP contribution in [0.4, 0.5) is 0 Å². The highest BCUT2D eigenvalue weighted by atomic mass is 16.2. The first-order valence-corrected chi connectivity index (χ1v) is 10.8. The summed E-state index contributed by atoms with van der Waals surface area (Å²) in [5.41, 5.74) is 0. The summed E-state index contributed by atoms with van der Waals surface area (Å²) in [4.78, 5) is 34.9. The molecule has 0 aromatic carbocycles. The number of hydrogen-bond donors (Lipinski definition) is 1. The average molecular weight is 378 g/mol. The van der Waals surface area contributed by atoms with Crippen LogP contribution in [0.25, 0.3) is 0 Å². The molecule has 0 radical (unpaired) electrons. The van der Waals surface area contributed by atoms with Crippen LogP contribution in [-0.2, 0) is 9.59 Å². The van der Waals surface area contributed by atoms with Crippen LogP contribution in [0, 0.1) is 5.92 Å². The standard InChI is InChI=1S/C20H35N5O2/c1-2-21-20(22-10-14-25-18(26)7-6-8-19(25)27)24-13-9-17(16-24)15-23-11-4-3-5-12-23/h17H,2-16H2,1H3,(H,21,22). The van der Waals surface area contributed by atoms with Crippen molar-refractivity contribution in [3.05, 3.63) is 0 Å². The quantitative estimate of drug-likeness (QED) is 0.429. The Hall–Kier alpha value is -1.63. The highest BCUT2D eigenvalue weighted by Gasteiger charge is 2.28. The number of nitrogens with zero attached hydrogens (tertiary/aromatic N) is 4. The number of rotatable bonds is 6. The monoisotopic (exact) mass is 377 g/mol. The van der Waals surface area contributed by atoms with Crippen LogP contribution in [-0.4, -0.2) is 84.8 Å². The van der Waals surface area contributed by atoms with Crippen molar-refractivity contribution in [2.75, 3.05) is 52.4 Å². The van der Waals surface area contributed by atoms with E-state index in [0.29, 0.717) is 38.3 Å². The van der Waals surface area contributed by atoms with Gasteiger partial charge in [-0.25, -0.2) is 0 Å². The minimum Gasteiger partial charge on any atom is -0.357 e. The first kappa shape index (κ1) is 20.1. The Labute approximate surface area is 163 Å². The summed E-state index contributed by atoms with van der Waals surface area (Å²) in [6, 6.07) is 0. The highest BCUT2D eigenvalue weighted by molar-refractivity contribution is 5.97. The van der Waals surface area contributed by atoms with Crippen LogP contribution in [0.3, 0.4) is 0 Å². The van der Waals surface area contributed by atoms with Crippen molar-refractivity contribution < 1.29 is 9.59 Å². The maximum atomic E-state index is 11.9. The fraction of sp³-hybridized carbons (Fsp3) is 0.850. The normalized spacial score (nSPS) is 25.4. The number of piperidine rings is 2. The van der Waals surface area contributed by atoms with Crippen molar-refractivity contribution in [3.8, 4) is 0 Å². The number of guanidine groups is 1. The van der Waals surface area contributed by atoms with Gasteiger partial charge in [0.2, 0.25) is 11.8 Å². The summed E-state index contributed by atoms with van der Waals surface area (Å²) in [6.07, 6.45) is 6.94. The minimum absolute atomic E-state index is 0.0470. The van der Waals surface area contributed by atoms with Gasteiger partial charge in [0.1, 0.15) is 0 Å². The van der Waals surface area contributed by atoms with Crippen molar-refractivity contribution in [1.29, 1.82) is 0 Å². The van der Waals surface area contributed by atoms with E-state index in [-0.39, 0.29) is 11.8 Å². The van der Waals surface area contributed by atoms with E-state index in [2.05, 4.69) is 22.0 Å². The molecule has 1 N–H and O–H groups in total. The zero-order valence-electron chi connectivity index (χ0n) is 16.8. The van der Waals surface area contributed by atoms with Crippen LogP contribution in [0.5, 0.6) is 0 Å². The van der Waals surface area contributed by atoms with Crippen molar-refractivity contribution in [1.82, 2.24) is 20.0 Å². The molecule has 3 heterocycles. The second-order valence-electron chi connectivity index (χ2n) is 7.99. The largest absolute Gasteiger partial charge is 0.357 e. The van der Waals surface area contributed by atoms with Gasteiger partial charge in [-0.15, -0.1) is 0 Å². The van der Waals surface area contributed by atoms with Gasteiger partial charge in [0.25, 0.3) is 0 Å². The summed E-state index contributed by atoms with van der Waals surface area (Å²) in [5, 5.41) is 3.38. The molecule has 1 atom stereocenters. The predicted octanol–water partition coefficient (Wildman–Crippen LogP) is 1.30. The average Bonchev–Trinajstić information content (AvgIpc) is 3.12. The molecular weight excluding hydrogens is 342 g/mol. The molecule has 27 heavy (non-hydrogen) atoms. The smallest absolute Gasteiger partial charge is 0.229 e. The number of nitrogens with one attached hydrogen (secondary N) is 1. The number of aliphatic imine (C=N–C) groups is 1. The van der Waals surface area contributed by atoms with Crippen LogP contribution in [0.1, 0.15) is 51.9 Å².